The highest BCUT2D eigenvalue weighted by Gasteiger charge is 2.32. The molecule has 7 nitrogen and oxygen atoms in total. The van der Waals surface area contributed by atoms with Crippen LogP contribution in [0.4, 0.5) is 10.9 Å². The van der Waals surface area contributed by atoms with Gasteiger partial charge in [-0.2, -0.15) is 0 Å². The van der Waals surface area contributed by atoms with Gasteiger partial charge in [0.2, 0.25) is 11.0 Å². The number of anilines is 2. The number of nitrogen functional groups attached to an aromatic ring is 1. The zero-order chi connectivity index (χ0) is 18.6. The standard InChI is InChI=1S/C19H20N6OS/c20-19-25-24-18(27-19)15-7-14(8-15)6-13-3-4-16(22-11-13)23-17(26)9-12-2-1-5-21-10-12/h1-5,10-11,14-15H,6-9H2,(H2,20,25)(H,22,23,26). The lowest BCUT2D eigenvalue weighted by Gasteiger charge is -2.33. The van der Waals surface area contributed by atoms with Crippen LogP contribution in [-0.4, -0.2) is 26.1 Å². The fraction of sp³-hybridized carbons (Fsp3) is 0.316. The summed E-state index contributed by atoms with van der Waals surface area (Å²) < 4.78 is 0. The normalized spacial score (nSPS) is 18.7. The molecule has 27 heavy (non-hydrogen) atoms. The molecule has 0 saturated heterocycles. The van der Waals surface area contributed by atoms with E-state index < -0.39 is 0 Å². The summed E-state index contributed by atoms with van der Waals surface area (Å²) in [7, 11) is 0. The second-order valence-corrected chi connectivity index (χ2v) is 7.90. The number of hydrogen-bond donors (Lipinski definition) is 2. The number of pyridine rings is 2. The van der Waals surface area contributed by atoms with E-state index in [4.69, 9.17) is 5.73 Å². The zero-order valence-corrected chi connectivity index (χ0v) is 15.5. The summed E-state index contributed by atoms with van der Waals surface area (Å²) >= 11 is 1.49. The molecule has 3 N–H and O–H groups in total. The van der Waals surface area contributed by atoms with Crippen molar-refractivity contribution in [2.45, 2.75) is 31.6 Å². The van der Waals surface area contributed by atoms with E-state index in [9.17, 15) is 4.79 Å². The third-order valence-electron chi connectivity index (χ3n) is 4.75. The number of carbonyl (C=O) groups excluding carboxylic acids is 1. The minimum absolute atomic E-state index is 0.0959. The maximum absolute atomic E-state index is 12.1. The maximum Gasteiger partial charge on any atom is 0.230 e. The molecule has 0 aliphatic heterocycles. The predicted octanol–water partition coefficient (Wildman–Crippen LogP) is 2.83. The van der Waals surface area contributed by atoms with Gasteiger partial charge < -0.3 is 11.1 Å². The van der Waals surface area contributed by atoms with E-state index in [2.05, 4.69) is 25.5 Å². The van der Waals surface area contributed by atoms with Crippen LogP contribution in [0.5, 0.6) is 0 Å². The van der Waals surface area contributed by atoms with E-state index in [0.717, 1.165) is 29.8 Å². The molecule has 1 saturated carbocycles. The van der Waals surface area contributed by atoms with Gasteiger partial charge in [0.05, 0.1) is 6.42 Å². The summed E-state index contributed by atoms with van der Waals surface area (Å²) in [4.78, 5) is 20.5. The summed E-state index contributed by atoms with van der Waals surface area (Å²) in [5.74, 6) is 1.60. The topological polar surface area (TPSA) is 107 Å². The van der Waals surface area contributed by atoms with Crippen molar-refractivity contribution >= 4 is 28.2 Å². The summed E-state index contributed by atoms with van der Waals surface area (Å²) in [6.45, 7) is 0. The Kier molecular flexibility index (Phi) is 5.06. The van der Waals surface area contributed by atoms with Crippen molar-refractivity contribution in [2.24, 2.45) is 5.92 Å². The molecule has 4 rings (SSSR count). The van der Waals surface area contributed by atoms with Crippen molar-refractivity contribution in [3.63, 3.8) is 0 Å². The van der Waals surface area contributed by atoms with E-state index in [1.165, 1.54) is 16.9 Å². The number of amides is 1. The number of carbonyl (C=O) groups is 1. The van der Waals surface area contributed by atoms with Gasteiger partial charge in [0.1, 0.15) is 10.8 Å². The first-order chi connectivity index (χ1) is 13.2. The van der Waals surface area contributed by atoms with Crippen LogP contribution in [0.2, 0.25) is 0 Å². The Morgan fingerprint density at radius 1 is 1.19 bits per heavy atom. The first kappa shape index (κ1) is 17.5. The number of nitrogens with zero attached hydrogens (tertiary/aromatic N) is 4. The molecule has 3 heterocycles. The van der Waals surface area contributed by atoms with Crippen LogP contribution in [0.15, 0.2) is 42.9 Å². The summed E-state index contributed by atoms with van der Waals surface area (Å²) in [6, 6.07) is 7.59. The summed E-state index contributed by atoms with van der Waals surface area (Å²) in [6.07, 6.45) is 8.72. The highest BCUT2D eigenvalue weighted by Crippen LogP contribution is 2.44. The lowest BCUT2D eigenvalue weighted by molar-refractivity contribution is -0.115. The van der Waals surface area contributed by atoms with Crippen LogP contribution < -0.4 is 11.1 Å². The maximum atomic E-state index is 12.1. The van der Waals surface area contributed by atoms with Crippen LogP contribution >= 0.6 is 11.3 Å². The minimum Gasteiger partial charge on any atom is -0.374 e. The molecule has 1 aliphatic rings. The number of aromatic nitrogens is 4. The number of rotatable bonds is 6. The van der Waals surface area contributed by atoms with Gasteiger partial charge in [0.25, 0.3) is 0 Å². The van der Waals surface area contributed by atoms with Crippen LogP contribution in [-0.2, 0) is 17.6 Å². The smallest absolute Gasteiger partial charge is 0.230 e. The molecule has 0 unspecified atom stereocenters. The highest BCUT2D eigenvalue weighted by atomic mass is 32.1. The van der Waals surface area contributed by atoms with Gasteiger partial charge in [0.15, 0.2) is 0 Å². The molecule has 0 radical (unpaired) electrons. The number of hydrogen-bond acceptors (Lipinski definition) is 7. The first-order valence-electron chi connectivity index (χ1n) is 8.88. The SMILES string of the molecule is Nc1nnc(C2CC(Cc3ccc(NC(=O)Cc4cccnc4)nc3)C2)s1. The van der Waals surface area contributed by atoms with Crippen LogP contribution in [0, 0.1) is 5.92 Å². The second kappa shape index (κ2) is 7.79. The molecule has 3 aromatic heterocycles. The average Bonchev–Trinajstić information content (AvgIpc) is 3.06. The highest BCUT2D eigenvalue weighted by molar-refractivity contribution is 7.15. The average molecular weight is 380 g/mol. The molecule has 1 fully saturated rings. The zero-order valence-electron chi connectivity index (χ0n) is 14.7. The molecule has 3 aromatic rings. The number of nitrogens with one attached hydrogen (secondary N) is 1. The van der Waals surface area contributed by atoms with Gasteiger partial charge in [-0.3, -0.25) is 9.78 Å². The van der Waals surface area contributed by atoms with Crippen LogP contribution in [0.25, 0.3) is 0 Å². The van der Waals surface area contributed by atoms with Crippen molar-refractivity contribution in [2.75, 3.05) is 11.1 Å². The lowest BCUT2D eigenvalue weighted by Crippen LogP contribution is -2.23. The van der Waals surface area contributed by atoms with Crippen LogP contribution in [0.3, 0.4) is 0 Å². The molecule has 138 valence electrons. The summed E-state index contributed by atoms with van der Waals surface area (Å²) in [5.41, 5.74) is 7.71. The lowest BCUT2D eigenvalue weighted by atomic mass is 9.72. The van der Waals surface area contributed by atoms with Crippen molar-refractivity contribution in [3.8, 4) is 0 Å². The van der Waals surface area contributed by atoms with E-state index in [1.807, 2.05) is 30.5 Å². The van der Waals surface area contributed by atoms with Gasteiger partial charge in [0, 0.05) is 24.5 Å². The Hall–Kier alpha value is -2.87. The Morgan fingerprint density at radius 2 is 2.07 bits per heavy atom. The molecule has 0 bridgehead atoms. The Labute approximate surface area is 161 Å². The largest absolute Gasteiger partial charge is 0.374 e. The monoisotopic (exact) mass is 380 g/mol. The van der Waals surface area contributed by atoms with Crippen LogP contribution in [0.1, 0.15) is 34.9 Å². The van der Waals surface area contributed by atoms with Gasteiger partial charge in [-0.1, -0.05) is 23.5 Å². The molecule has 0 atom stereocenters. The van der Waals surface area contributed by atoms with Crippen molar-refractivity contribution < 1.29 is 4.79 Å². The molecule has 0 aromatic carbocycles. The predicted molar refractivity (Wildman–Crippen MR) is 104 cm³/mol. The third-order valence-corrected chi connectivity index (χ3v) is 5.66. The number of nitrogens with two attached hydrogens (primary N) is 1. The van der Waals surface area contributed by atoms with E-state index in [1.54, 1.807) is 12.4 Å². The fourth-order valence-electron chi connectivity index (χ4n) is 3.34. The fourth-order valence-corrected chi connectivity index (χ4v) is 4.08. The molecular weight excluding hydrogens is 360 g/mol. The van der Waals surface area contributed by atoms with Crippen molar-refractivity contribution in [1.29, 1.82) is 0 Å². The quantitative estimate of drug-likeness (QED) is 0.681. The Bertz CT molecular complexity index is 905. The Morgan fingerprint density at radius 3 is 2.74 bits per heavy atom. The van der Waals surface area contributed by atoms with Crippen molar-refractivity contribution in [1.82, 2.24) is 20.2 Å². The van der Waals surface area contributed by atoms with Gasteiger partial charge in [-0.25, -0.2) is 4.98 Å². The first-order valence-corrected chi connectivity index (χ1v) is 9.70. The van der Waals surface area contributed by atoms with E-state index in [-0.39, 0.29) is 12.3 Å². The van der Waals surface area contributed by atoms with Crippen molar-refractivity contribution in [3.05, 3.63) is 59.0 Å². The third kappa shape index (κ3) is 4.46. The van der Waals surface area contributed by atoms with Gasteiger partial charge >= 0.3 is 0 Å². The molecule has 0 spiro atoms. The molecule has 1 amide bonds. The summed E-state index contributed by atoms with van der Waals surface area (Å²) in [5, 5.41) is 12.4. The van der Waals surface area contributed by atoms with E-state index >= 15 is 0 Å². The molecule has 1 aliphatic carbocycles. The second-order valence-electron chi connectivity index (χ2n) is 6.85. The van der Waals surface area contributed by atoms with E-state index in [0.29, 0.717) is 22.8 Å². The minimum atomic E-state index is -0.0959. The molecule has 8 heteroatoms. The molecular formula is C19H20N6OS. The van der Waals surface area contributed by atoms with Gasteiger partial charge in [-0.15, -0.1) is 10.2 Å². The Balaban J connectivity index is 1.25. The van der Waals surface area contributed by atoms with Gasteiger partial charge in [-0.05, 0) is 48.4 Å².